The van der Waals surface area contributed by atoms with Crippen molar-refractivity contribution in [3.8, 4) is 0 Å². The van der Waals surface area contributed by atoms with Crippen LogP contribution >= 0.6 is 0 Å². The number of rotatable bonds is 10. The lowest BCUT2D eigenvalue weighted by Crippen LogP contribution is -2.56. The number of anilines is 1. The molecule has 0 aliphatic carbocycles. The molecule has 2 atom stereocenters. The summed E-state index contributed by atoms with van der Waals surface area (Å²) in [7, 11) is -3.91. The van der Waals surface area contributed by atoms with Crippen LogP contribution in [0.5, 0.6) is 0 Å². The third kappa shape index (κ3) is 5.59. The first kappa shape index (κ1) is 27.4. The third-order valence-electron chi connectivity index (χ3n) is 6.82. The Balaban J connectivity index is 1.70. The maximum Gasteiger partial charge on any atom is 0.277 e. The summed E-state index contributed by atoms with van der Waals surface area (Å²) >= 11 is 0. The molecule has 2 saturated heterocycles. The number of sulfonamides is 1. The Morgan fingerprint density at radius 2 is 1.87 bits per heavy atom. The van der Waals surface area contributed by atoms with Gasteiger partial charge in [-0.1, -0.05) is 36.9 Å². The Hall–Kier alpha value is -3.68. The van der Waals surface area contributed by atoms with Gasteiger partial charge in [0.2, 0.25) is 22.3 Å². The van der Waals surface area contributed by atoms with Crippen molar-refractivity contribution in [3.63, 3.8) is 0 Å². The van der Waals surface area contributed by atoms with Gasteiger partial charge in [0.25, 0.3) is 5.56 Å². The zero-order valence-corrected chi connectivity index (χ0v) is 22.1. The number of carbonyl (C=O) groups is 2. The van der Waals surface area contributed by atoms with Crippen LogP contribution in [-0.2, 0) is 25.4 Å². The number of benzene rings is 1. The zero-order chi connectivity index (χ0) is 27.6. The van der Waals surface area contributed by atoms with Crippen molar-refractivity contribution < 1.29 is 23.1 Å². The molecule has 3 heterocycles. The van der Waals surface area contributed by atoms with E-state index in [0.29, 0.717) is 23.4 Å². The van der Waals surface area contributed by atoms with Crippen molar-refractivity contribution in [1.82, 2.24) is 24.6 Å². The van der Waals surface area contributed by atoms with E-state index in [2.05, 4.69) is 16.6 Å². The second-order valence-electron chi connectivity index (χ2n) is 9.50. The van der Waals surface area contributed by atoms with Gasteiger partial charge in [0, 0.05) is 24.5 Å². The molecule has 3 N–H and O–H groups in total. The minimum absolute atomic E-state index is 0.0529. The molecule has 2 aliphatic rings. The fraction of sp³-hybridized carbons (Fsp3) is 0.400. The summed E-state index contributed by atoms with van der Waals surface area (Å²) in [6.07, 6.45) is -0.897. The number of β-amino-alcohol motifs (C(OH)–C–C–N with tert-alkyl or cyclic N) is 1. The lowest BCUT2D eigenvalue weighted by atomic mass is 10.1. The van der Waals surface area contributed by atoms with Gasteiger partial charge < -0.3 is 20.2 Å². The molecule has 204 valence electrons. The maximum atomic E-state index is 13.7. The standard InChI is InChI=1S/C25H32N6O6S/c1-17-9-10-22(27-38(36,37)14-20-7-5-4-6-8-20)24(35)31(17)25-29(13-23(34)28-11-21(33)12-28)18(2)19(3)30(25)15-26-16-32/h4-10,16,19,21,25,27,33H,2,11-15H2,1,3H3,(H,26,32). The molecule has 1 aromatic heterocycles. The summed E-state index contributed by atoms with van der Waals surface area (Å²) in [5.41, 5.74) is 0.887. The number of aromatic nitrogens is 1. The van der Waals surface area contributed by atoms with E-state index in [0.717, 1.165) is 0 Å². The number of nitrogens with one attached hydrogen (secondary N) is 2. The van der Waals surface area contributed by atoms with Crippen LogP contribution in [-0.4, -0.2) is 83.6 Å². The van der Waals surface area contributed by atoms with Gasteiger partial charge in [0.15, 0.2) is 6.29 Å². The number of hydrogen-bond acceptors (Lipinski definition) is 8. The number of aryl methyl sites for hydroxylation is 1. The molecule has 2 aromatic rings. The Morgan fingerprint density at radius 3 is 2.50 bits per heavy atom. The second kappa shape index (κ2) is 11.0. The van der Waals surface area contributed by atoms with Gasteiger partial charge in [-0.3, -0.25) is 23.7 Å². The summed E-state index contributed by atoms with van der Waals surface area (Å²) in [5, 5.41) is 12.2. The number of pyridine rings is 1. The molecule has 4 rings (SSSR count). The number of nitrogens with zero attached hydrogens (tertiary/aromatic N) is 4. The summed E-state index contributed by atoms with van der Waals surface area (Å²) < 4.78 is 29.6. The van der Waals surface area contributed by atoms with Crippen molar-refractivity contribution in [2.45, 2.75) is 38.0 Å². The highest BCUT2D eigenvalue weighted by Gasteiger charge is 2.43. The fourth-order valence-electron chi connectivity index (χ4n) is 4.70. The van der Waals surface area contributed by atoms with Gasteiger partial charge in [0.1, 0.15) is 12.2 Å². The lowest BCUT2D eigenvalue weighted by molar-refractivity contribution is -0.143. The molecular formula is C25H32N6O6S. The Morgan fingerprint density at radius 1 is 1.18 bits per heavy atom. The Bertz CT molecular complexity index is 1370. The van der Waals surface area contributed by atoms with E-state index in [1.807, 2.05) is 6.92 Å². The van der Waals surface area contributed by atoms with Crippen LogP contribution in [0, 0.1) is 6.92 Å². The highest BCUT2D eigenvalue weighted by Crippen LogP contribution is 2.35. The van der Waals surface area contributed by atoms with E-state index in [1.54, 1.807) is 53.1 Å². The summed E-state index contributed by atoms with van der Waals surface area (Å²) in [4.78, 5) is 42.8. The van der Waals surface area contributed by atoms with Crippen LogP contribution in [0.4, 0.5) is 5.69 Å². The minimum atomic E-state index is -3.91. The smallest absolute Gasteiger partial charge is 0.277 e. The monoisotopic (exact) mass is 544 g/mol. The summed E-state index contributed by atoms with van der Waals surface area (Å²) in [6, 6.07) is 11.3. The highest BCUT2D eigenvalue weighted by molar-refractivity contribution is 7.91. The van der Waals surface area contributed by atoms with Crippen LogP contribution in [0.2, 0.25) is 0 Å². The third-order valence-corrected chi connectivity index (χ3v) is 8.06. The number of likely N-dealkylation sites (tertiary alicyclic amines) is 1. The van der Waals surface area contributed by atoms with Gasteiger partial charge in [-0.25, -0.2) is 13.3 Å². The number of amides is 2. The second-order valence-corrected chi connectivity index (χ2v) is 11.2. The maximum absolute atomic E-state index is 13.7. The summed E-state index contributed by atoms with van der Waals surface area (Å²) in [5.74, 6) is -0.555. The van der Waals surface area contributed by atoms with Crippen LogP contribution in [0.15, 0.2) is 59.5 Å². The minimum Gasteiger partial charge on any atom is -0.389 e. The Labute approximate surface area is 221 Å². The Kier molecular flexibility index (Phi) is 7.90. The molecule has 13 heteroatoms. The number of hydrogen-bond donors (Lipinski definition) is 3. The molecule has 2 fully saturated rings. The fourth-order valence-corrected chi connectivity index (χ4v) is 5.90. The van der Waals surface area contributed by atoms with Gasteiger partial charge in [-0.05, 0) is 31.5 Å². The first-order valence-electron chi connectivity index (χ1n) is 12.1. The molecule has 1 aromatic carbocycles. The predicted octanol–water partition coefficient (Wildman–Crippen LogP) is -0.0189. The van der Waals surface area contributed by atoms with Crippen LogP contribution in [0.25, 0.3) is 0 Å². The van der Waals surface area contributed by atoms with Gasteiger partial charge in [-0.2, -0.15) is 0 Å². The van der Waals surface area contributed by atoms with Gasteiger partial charge in [0.05, 0.1) is 24.6 Å². The molecule has 12 nitrogen and oxygen atoms in total. The predicted molar refractivity (Wildman–Crippen MR) is 141 cm³/mol. The van der Waals surface area contributed by atoms with E-state index in [-0.39, 0.29) is 49.7 Å². The van der Waals surface area contributed by atoms with Crippen LogP contribution in [0.3, 0.4) is 0 Å². The zero-order valence-electron chi connectivity index (χ0n) is 21.3. The lowest BCUT2D eigenvalue weighted by Gasteiger charge is -2.39. The van der Waals surface area contributed by atoms with Crippen LogP contribution < -0.4 is 15.6 Å². The SMILES string of the molecule is C=C1C(C)N(CNC=O)C(n2c(C)ccc(NS(=O)(=O)Cc3ccccc3)c2=O)N1CC(=O)N1CC(O)C1. The molecular weight excluding hydrogens is 512 g/mol. The topological polar surface area (TPSA) is 144 Å². The van der Waals surface area contributed by atoms with E-state index in [1.165, 1.54) is 15.5 Å². The first-order chi connectivity index (χ1) is 18.0. The molecule has 0 radical (unpaired) electrons. The van der Waals surface area contributed by atoms with Crippen molar-refractivity contribution in [2.24, 2.45) is 0 Å². The van der Waals surface area contributed by atoms with Gasteiger partial charge in [-0.15, -0.1) is 0 Å². The number of carbonyl (C=O) groups excluding carboxylic acids is 2. The van der Waals surface area contributed by atoms with Crippen molar-refractivity contribution in [1.29, 1.82) is 0 Å². The largest absolute Gasteiger partial charge is 0.389 e. The van der Waals surface area contributed by atoms with Crippen molar-refractivity contribution in [3.05, 3.63) is 76.4 Å². The molecule has 2 unspecified atom stereocenters. The van der Waals surface area contributed by atoms with E-state index in [9.17, 15) is 27.9 Å². The number of aliphatic hydroxyl groups is 1. The normalized spacial score (nSPS) is 20.3. The average molecular weight is 545 g/mol. The molecule has 0 spiro atoms. The molecule has 0 saturated carbocycles. The molecule has 2 amide bonds. The van der Waals surface area contributed by atoms with Crippen LogP contribution in [0.1, 0.15) is 24.5 Å². The van der Waals surface area contributed by atoms with E-state index >= 15 is 0 Å². The highest BCUT2D eigenvalue weighted by atomic mass is 32.2. The molecule has 38 heavy (non-hydrogen) atoms. The summed E-state index contributed by atoms with van der Waals surface area (Å²) in [6.45, 7) is 8.07. The van der Waals surface area contributed by atoms with Crippen molar-refractivity contribution >= 4 is 28.0 Å². The molecule has 0 bridgehead atoms. The quantitative estimate of drug-likeness (QED) is 0.354. The average Bonchev–Trinajstić information content (AvgIpc) is 3.07. The number of aliphatic hydroxyl groups excluding tert-OH is 1. The van der Waals surface area contributed by atoms with E-state index in [4.69, 9.17) is 0 Å². The van der Waals surface area contributed by atoms with Crippen molar-refractivity contribution in [2.75, 3.05) is 31.0 Å². The first-order valence-corrected chi connectivity index (χ1v) is 13.8. The van der Waals surface area contributed by atoms with E-state index < -0.39 is 28.0 Å². The van der Waals surface area contributed by atoms with Gasteiger partial charge >= 0.3 is 0 Å². The molecule has 2 aliphatic heterocycles.